The van der Waals surface area contributed by atoms with Crippen LogP contribution in [0.1, 0.15) is 18.9 Å². The van der Waals surface area contributed by atoms with Gasteiger partial charge >= 0.3 is 18.2 Å². The summed E-state index contributed by atoms with van der Waals surface area (Å²) in [6, 6.07) is 0.986. The second-order valence-electron chi connectivity index (χ2n) is 5.85. The van der Waals surface area contributed by atoms with Crippen LogP contribution in [-0.4, -0.2) is 37.1 Å². The van der Waals surface area contributed by atoms with Gasteiger partial charge in [-0.25, -0.2) is 9.18 Å². The molecule has 24 heavy (non-hydrogen) atoms. The monoisotopic (exact) mass is 348 g/mol. The Kier molecular flexibility index (Phi) is 4.73. The fourth-order valence-electron chi connectivity index (χ4n) is 2.54. The predicted octanol–water partition coefficient (Wildman–Crippen LogP) is 3.26. The molecule has 9 heteroatoms. The van der Waals surface area contributed by atoms with E-state index in [1.165, 1.54) is 12.0 Å². The van der Waals surface area contributed by atoms with Gasteiger partial charge in [0, 0.05) is 13.1 Å². The number of urea groups is 1. The zero-order chi connectivity index (χ0) is 18.1. The minimum Gasteiger partial charge on any atom is -0.469 e. The van der Waals surface area contributed by atoms with Crippen LogP contribution in [0.2, 0.25) is 0 Å². The number of benzene rings is 1. The molecule has 0 unspecified atom stereocenters. The van der Waals surface area contributed by atoms with Crippen LogP contribution < -0.4 is 5.32 Å². The topological polar surface area (TPSA) is 58.6 Å². The lowest BCUT2D eigenvalue weighted by Gasteiger charge is -2.22. The summed E-state index contributed by atoms with van der Waals surface area (Å²) in [6.45, 7) is 1.86. The molecule has 132 valence electrons. The van der Waals surface area contributed by atoms with Gasteiger partial charge in [0.1, 0.15) is 5.82 Å². The molecule has 5 nitrogen and oxygen atoms in total. The summed E-state index contributed by atoms with van der Waals surface area (Å²) in [5.41, 5.74) is -2.53. The summed E-state index contributed by atoms with van der Waals surface area (Å²) in [5.74, 6) is -1.46. The second kappa shape index (κ2) is 6.29. The van der Waals surface area contributed by atoms with Crippen molar-refractivity contribution in [2.24, 2.45) is 5.41 Å². The number of alkyl halides is 3. The van der Waals surface area contributed by atoms with Gasteiger partial charge in [-0.05, 0) is 31.5 Å². The van der Waals surface area contributed by atoms with Crippen LogP contribution in [0.4, 0.5) is 28.0 Å². The molecule has 0 aliphatic carbocycles. The third-order valence-corrected chi connectivity index (χ3v) is 3.97. The molecule has 1 aliphatic rings. The van der Waals surface area contributed by atoms with Crippen LogP contribution in [0, 0.1) is 11.2 Å². The number of carbonyl (C=O) groups is 2. The van der Waals surface area contributed by atoms with Crippen molar-refractivity contribution < 1.29 is 31.9 Å². The molecule has 1 aromatic rings. The van der Waals surface area contributed by atoms with E-state index < -0.39 is 40.7 Å². The number of anilines is 1. The molecule has 1 fully saturated rings. The molecule has 1 N–H and O–H groups in total. The van der Waals surface area contributed by atoms with Crippen molar-refractivity contribution >= 4 is 17.7 Å². The van der Waals surface area contributed by atoms with Gasteiger partial charge in [-0.3, -0.25) is 4.79 Å². The maximum absolute atomic E-state index is 13.7. The van der Waals surface area contributed by atoms with E-state index in [1.807, 2.05) is 0 Å². The lowest BCUT2D eigenvalue weighted by molar-refractivity contribution is -0.150. The SMILES string of the molecule is COC(=O)[C@@]1(C)CCN(C(=O)Nc2cc(C(F)(F)F)ccc2F)C1. The Balaban J connectivity index is 2.12. The van der Waals surface area contributed by atoms with Crippen LogP contribution >= 0.6 is 0 Å². The first-order valence-electron chi connectivity index (χ1n) is 7.08. The molecular weight excluding hydrogens is 332 g/mol. The number of carbonyl (C=O) groups excluding carboxylic acids is 2. The molecule has 2 rings (SSSR count). The average Bonchev–Trinajstić information content (AvgIpc) is 2.91. The Morgan fingerprint density at radius 2 is 2.00 bits per heavy atom. The van der Waals surface area contributed by atoms with Crippen LogP contribution in [0.5, 0.6) is 0 Å². The summed E-state index contributed by atoms with van der Waals surface area (Å²) >= 11 is 0. The maximum atomic E-state index is 13.7. The number of methoxy groups -OCH3 is 1. The number of hydrogen-bond donors (Lipinski definition) is 1. The van der Waals surface area contributed by atoms with Crippen molar-refractivity contribution in [3.63, 3.8) is 0 Å². The number of likely N-dealkylation sites (tertiary alicyclic amines) is 1. The Morgan fingerprint density at radius 3 is 2.58 bits per heavy atom. The highest BCUT2D eigenvalue weighted by atomic mass is 19.4. The number of rotatable bonds is 2. The quantitative estimate of drug-likeness (QED) is 0.659. The molecule has 1 heterocycles. The summed E-state index contributed by atoms with van der Waals surface area (Å²) in [6.07, 6.45) is -4.30. The van der Waals surface area contributed by atoms with Crippen molar-refractivity contribution in [2.75, 3.05) is 25.5 Å². The van der Waals surface area contributed by atoms with Gasteiger partial charge in [0.2, 0.25) is 0 Å². The van der Waals surface area contributed by atoms with Crippen LogP contribution in [0.15, 0.2) is 18.2 Å². The highest BCUT2D eigenvalue weighted by molar-refractivity contribution is 5.90. The minimum absolute atomic E-state index is 0.0338. The first-order chi connectivity index (χ1) is 11.1. The van der Waals surface area contributed by atoms with Crippen molar-refractivity contribution in [3.05, 3.63) is 29.6 Å². The van der Waals surface area contributed by atoms with E-state index in [9.17, 15) is 27.2 Å². The van der Waals surface area contributed by atoms with Gasteiger partial charge in [-0.1, -0.05) is 0 Å². The molecule has 0 spiro atoms. The van der Waals surface area contributed by atoms with Gasteiger partial charge in [0.25, 0.3) is 0 Å². The summed E-state index contributed by atoms with van der Waals surface area (Å²) in [4.78, 5) is 25.1. The van der Waals surface area contributed by atoms with Gasteiger partial charge in [0.15, 0.2) is 0 Å². The zero-order valence-electron chi connectivity index (χ0n) is 13.0. The molecule has 0 bridgehead atoms. The maximum Gasteiger partial charge on any atom is 0.416 e. The van der Waals surface area contributed by atoms with E-state index >= 15 is 0 Å². The normalized spacial score (nSPS) is 20.8. The predicted molar refractivity (Wildman–Crippen MR) is 76.7 cm³/mol. The lowest BCUT2D eigenvalue weighted by Crippen LogP contribution is -2.37. The van der Waals surface area contributed by atoms with Crippen molar-refractivity contribution in [1.29, 1.82) is 0 Å². The summed E-state index contributed by atoms with van der Waals surface area (Å²) in [5, 5.41) is 2.12. The van der Waals surface area contributed by atoms with E-state index in [4.69, 9.17) is 0 Å². The molecule has 1 aromatic carbocycles. The Bertz CT molecular complexity index is 663. The number of nitrogens with zero attached hydrogens (tertiary/aromatic N) is 1. The second-order valence-corrected chi connectivity index (χ2v) is 5.85. The summed E-state index contributed by atoms with van der Waals surface area (Å²) < 4.78 is 56.4. The van der Waals surface area contributed by atoms with Gasteiger partial charge in [-0.15, -0.1) is 0 Å². The Morgan fingerprint density at radius 1 is 1.33 bits per heavy atom. The minimum atomic E-state index is -4.65. The smallest absolute Gasteiger partial charge is 0.416 e. The van der Waals surface area contributed by atoms with Crippen LogP contribution in [0.3, 0.4) is 0 Å². The molecular formula is C15H16F4N2O3. The number of ether oxygens (including phenoxy) is 1. The number of esters is 1. The third-order valence-electron chi connectivity index (χ3n) is 3.97. The van der Waals surface area contributed by atoms with Crippen molar-refractivity contribution in [2.45, 2.75) is 19.5 Å². The van der Waals surface area contributed by atoms with Crippen LogP contribution in [-0.2, 0) is 15.7 Å². The van der Waals surface area contributed by atoms with Crippen molar-refractivity contribution in [3.8, 4) is 0 Å². The fraction of sp³-hybridized carbons (Fsp3) is 0.467. The van der Waals surface area contributed by atoms with Gasteiger partial charge in [-0.2, -0.15) is 13.2 Å². The van der Waals surface area contributed by atoms with E-state index in [-0.39, 0.29) is 13.1 Å². The van der Waals surface area contributed by atoms with Gasteiger partial charge in [0.05, 0.1) is 23.8 Å². The number of nitrogens with one attached hydrogen (secondary N) is 1. The third kappa shape index (κ3) is 3.60. The number of amides is 2. The lowest BCUT2D eigenvalue weighted by atomic mass is 9.90. The average molecular weight is 348 g/mol. The number of halogens is 4. The Hall–Kier alpha value is -2.32. The van der Waals surface area contributed by atoms with E-state index in [2.05, 4.69) is 10.1 Å². The van der Waals surface area contributed by atoms with E-state index in [0.717, 1.165) is 0 Å². The fourth-order valence-corrected chi connectivity index (χ4v) is 2.54. The van der Waals surface area contributed by atoms with Crippen molar-refractivity contribution in [1.82, 2.24) is 4.90 Å². The molecule has 1 aliphatic heterocycles. The summed E-state index contributed by atoms with van der Waals surface area (Å²) in [7, 11) is 1.23. The zero-order valence-corrected chi connectivity index (χ0v) is 13.0. The molecule has 1 atom stereocenters. The first-order valence-corrected chi connectivity index (χ1v) is 7.08. The van der Waals surface area contributed by atoms with E-state index in [1.54, 1.807) is 6.92 Å². The largest absolute Gasteiger partial charge is 0.469 e. The molecule has 1 saturated heterocycles. The van der Waals surface area contributed by atoms with Crippen LogP contribution in [0.25, 0.3) is 0 Å². The molecule has 0 aromatic heterocycles. The highest BCUT2D eigenvalue weighted by Crippen LogP contribution is 2.33. The molecule has 2 amide bonds. The highest BCUT2D eigenvalue weighted by Gasteiger charge is 2.43. The molecule has 0 radical (unpaired) electrons. The van der Waals surface area contributed by atoms with E-state index in [0.29, 0.717) is 24.6 Å². The Labute approximate surface area is 135 Å². The number of hydrogen-bond acceptors (Lipinski definition) is 3. The standard InChI is InChI=1S/C15H16F4N2O3/c1-14(12(22)24-2)5-6-21(8-14)13(23)20-11-7-9(15(17,18)19)3-4-10(11)16/h3-4,7H,5-6,8H2,1-2H3,(H,20,23)/t14-/m0/s1. The first kappa shape index (κ1) is 18.0. The van der Waals surface area contributed by atoms with Gasteiger partial charge < -0.3 is 15.0 Å². The molecule has 0 saturated carbocycles.